The predicted octanol–water partition coefficient (Wildman–Crippen LogP) is 3.77. The Morgan fingerprint density at radius 2 is 1.52 bits per heavy atom. The molecule has 5 heteroatoms. The molecule has 2 aromatic carbocycles. The summed E-state index contributed by atoms with van der Waals surface area (Å²) in [6.45, 7) is 2.12. The summed E-state index contributed by atoms with van der Waals surface area (Å²) in [4.78, 5) is 11.5. The number of aliphatic hydroxyl groups is 1. The molecule has 0 atom stereocenters. The number of rotatable bonds is 5. The molecule has 0 aromatic heterocycles. The van der Waals surface area contributed by atoms with Crippen LogP contribution in [0.5, 0.6) is 0 Å². The van der Waals surface area contributed by atoms with Gasteiger partial charge in [0, 0.05) is 0 Å². The van der Waals surface area contributed by atoms with Crippen molar-refractivity contribution in [2.45, 2.75) is 13.5 Å². The van der Waals surface area contributed by atoms with Crippen molar-refractivity contribution in [1.82, 2.24) is 0 Å². The molecule has 2 aromatic rings. The molecule has 0 heterocycles. The standard InChI is InChI=1S/C16H16N2O3/c1-2-21-16(20)13-5-9-15(10-6-13)18-17-14-7-3-12(11-19)4-8-14/h3-10,19H,2,11H2,1H3. The van der Waals surface area contributed by atoms with E-state index < -0.39 is 0 Å². The van der Waals surface area contributed by atoms with Gasteiger partial charge < -0.3 is 9.84 Å². The normalized spacial score (nSPS) is 10.8. The van der Waals surface area contributed by atoms with Gasteiger partial charge in [-0.05, 0) is 48.9 Å². The Balaban J connectivity index is 2.05. The average molecular weight is 284 g/mol. The highest BCUT2D eigenvalue weighted by atomic mass is 16.5. The number of esters is 1. The van der Waals surface area contributed by atoms with E-state index in [1.165, 1.54) is 0 Å². The van der Waals surface area contributed by atoms with E-state index >= 15 is 0 Å². The number of benzene rings is 2. The maximum Gasteiger partial charge on any atom is 0.338 e. The second-order valence-electron chi connectivity index (χ2n) is 4.29. The van der Waals surface area contributed by atoms with E-state index in [1.807, 2.05) is 0 Å². The average Bonchev–Trinajstić information content (AvgIpc) is 2.54. The fraction of sp³-hybridized carbons (Fsp3) is 0.188. The molecule has 0 saturated carbocycles. The number of ether oxygens (including phenoxy) is 1. The first-order chi connectivity index (χ1) is 10.2. The smallest absolute Gasteiger partial charge is 0.338 e. The summed E-state index contributed by atoms with van der Waals surface area (Å²) in [5, 5.41) is 17.1. The minimum Gasteiger partial charge on any atom is -0.462 e. The van der Waals surface area contributed by atoms with Gasteiger partial charge in [-0.1, -0.05) is 12.1 Å². The van der Waals surface area contributed by atoms with Crippen LogP contribution in [-0.4, -0.2) is 17.7 Å². The van der Waals surface area contributed by atoms with Crippen molar-refractivity contribution in [1.29, 1.82) is 0 Å². The summed E-state index contributed by atoms with van der Waals surface area (Å²) < 4.78 is 4.91. The zero-order valence-corrected chi connectivity index (χ0v) is 11.7. The molecule has 108 valence electrons. The van der Waals surface area contributed by atoms with Crippen molar-refractivity contribution >= 4 is 17.3 Å². The maximum atomic E-state index is 11.5. The Bertz CT molecular complexity index is 619. The van der Waals surface area contributed by atoms with Crippen LogP contribution in [0.1, 0.15) is 22.8 Å². The lowest BCUT2D eigenvalue weighted by Gasteiger charge is -2.01. The van der Waals surface area contributed by atoms with Crippen LogP contribution in [0.15, 0.2) is 58.8 Å². The zero-order valence-electron chi connectivity index (χ0n) is 11.7. The van der Waals surface area contributed by atoms with Crippen molar-refractivity contribution < 1.29 is 14.6 Å². The molecular formula is C16H16N2O3. The SMILES string of the molecule is CCOC(=O)c1ccc(N=Nc2ccc(CO)cc2)cc1. The number of hydrogen-bond acceptors (Lipinski definition) is 5. The minimum atomic E-state index is -0.347. The topological polar surface area (TPSA) is 71.2 Å². The number of nitrogens with zero attached hydrogens (tertiary/aromatic N) is 2. The molecule has 0 amide bonds. The van der Waals surface area contributed by atoms with E-state index in [0.29, 0.717) is 23.5 Å². The highest BCUT2D eigenvalue weighted by Gasteiger charge is 2.05. The van der Waals surface area contributed by atoms with Crippen molar-refractivity contribution in [3.63, 3.8) is 0 Å². The Morgan fingerprint density at radius 3 is 2.00 bits per heavy atom. The van der Waals surface area contributed by atoms with E-state index in [0.717, 1.165) is 5.56 Å². The van der Waals surface area contributed by atoms with Gasteiger partial charge in [-0.2, -0.15) is 10.2 Å². The summed E-state index contributed by atoms with van der Waals surface area (Å²) in [7, 11) is 0. The molecule has 0 unspecified atom stereocenters. The van der Waals surface area contributed by atoms with Gasteiger partial charge in [0.15, 0.2) is 0 Å². The Morgan fingerprint density at radius 1 is 1.00 bits per heavy atom. The van der Waals surface area contributed by atoms with E-state index in [1.54, 1.807) is 55.5 Å². The molecule has 0 spiro atoms. The lowest BCUT2D eigenvalue weighted by Crippen LogP contribution is -2.03. The lowest BCUT2D eigenvalue weighted by molar-refractivity contribution is 0.0526. The maximum absolute atomic E-state index is 11.5. The van der Waals surface area contributed by atoms with Gasteiger partial charge >= 0.3 is 5.97 Å². The van der Waals surface area contributed by atoms with Gasteiger partial charge in [0.1, 0.15) is 0 Å². The fourth-order valence-electron chi connectivity index (χ4n) is 1.66. The minimum absolute atomic E-state index is 0.00669. The van der Waals surface area contributed by atoms with E-state index in [4.69, 9.17) is 9.84 Å². The van der Waals surface area contributed by atoms with E-state index in [2.05, 4.69) is 10.2 Å². The molecule has 0 bridgehead atoms. The molecule has 1 N–H and O–H groups in total. The second kappa shape index (κ2) is 7.31. The van der Waals surface area contributed by atoms with Gasteiger partial charge in [-0.3, -0.25) is 0 Å². The molecule has 21 heavy (non-hydrogen) atoms. The third-order valence-corrected chi connectivity index (χ3v) is 2.78. The Kier molecular flexibility index (Phi) is 5.17. The summed E-state index contributed by atoms with van der Waals surface area (Å²) in [6.07, 6.45) is 0. The van der Waals surface area contributed by atoms with E-state index in [9.17, 15) is 4.79 Å². The van der Waals surface area contributed by atoms with Crippen molar-refractivity contribution in [2.75, 3.05) is 6.61 Å². The summed E-state index contributed by atoms with van der Waals surface area (Å²) in [5.41, 5.74) is 2.66. The summed E-state index contributed by atoms with van der Waals surface area (Å²) in [5.74, 6) is -0.347. The molecule has 0 radical (unpaired) electrons. The molecule has 5 nitrogen and oxygen atoms in total. The monoisotopic (exact) mass is 284 g/mol. The van der Waals surface area contributed by atoms with Crippen molar-refractivity contribution in [3.8, 4) is 0 Å². The number of hydrogen-bond donors (Lipinski definition) is 1. The third kappa shape index (κ3) is 4.22. The highest BCUT2D eigenvalue weighted by molar-refractivity contribution is 5.89. The third-order valence-electron chi connectivity index (χ3n) is 2.78. The van der Waals surface area contributed by atoms with Gasteiger partial charge in [-0.25, -0.2) is 4.79 Å². The predicted molar refractivity (Wildman–Crippen MR) is 78.9 cm³/mol. The molecule has 0 fully saturated rings. The summed E-state index contributed by atoms with van der Waals surface area (Å²) >= 11 is 0. The Hall–Kier alpha value is -2.53. The van der Waals surface area contributed by atoms with Crippen LogP contribution < -0.4 is 0 Å². The molecule has 0 aliphatic heterocycles. The van der Waals surface area contributed by atoms with Gasteiger partial charge in [0.2, 0.25) is 0 Å². The molecule has 2 rings (SSSR count). The number of aliphatic hydroxyl groups excluding tert-OH is 1. The number of carbonyl (C=O) groups is 1. The largest absolute Gasteiger partial charge is 0.462 e. The first kappa shape index (κ1) is 14.9. The first-order valence-corrected chi connectivity index (χ1v) is 6.61. The van der Waals surface area contributed by atoms with Crippen molar-refractivity contribution in [3.05, 3.63) is 59.7 Å². The quantitative estimate of drug-likeness (QED) is 0.671. The van der Waals surface area contributed by atoms with Crippen LogP contribution in [0, 0.1) is 0 Å². The second-order valence-corrected chi connectivity index (χ2v) is 4.29. The van der Waals surface area contributed by atoms with Crippen LogP contribution in [-0.2, 0) is 11.3 Å². The molecular weight excluding hydrogens is 268 g/mol. The van der Waals surface area contributed by atoms with Gasteiger partial charge in [0.05, 0.1) is 30.2 Å². The molecule has 0 aliphatic rings. The lowest BCUT2D eigenvalue weighted by atomic mass is 10.2. The van der Waals surface area contributed by atoms with Crippen LogP contribution in [0.3, 0.4) is 0 Å². The first-order valence-electron chi connectivity index (χ1n) is 6.61. The van der Waals surface area contributed by atoms with E-state index in [-0.39, 0.29) is 12.6 Å². The van der Waals surface area contributed by atoms with Gasteiger partial charge in [-0.15, -0.1) is 0 Å². The van der Waals surface area contributed by atoms with Crippen molar-refractivity contribution in [2.24, 2.45) is 10.2 Å². The van der Waals surface area contributed by atoms with Crippen LogP contribution in [0.25, 0.3) is 0 Å². The number of azo groups is 1. The number of carbonyl (C=O) groups excluding carboxylic acids is 1. The van der Waals surface area contributed by atoms with Crippen LogP contribution >= 0.6 is 0 Å². The highest BCUT2D eigenvalue weighted by Crippen LogP contribution is 2.19. The Labute approximate surface area is 122 Å². The molecule has 0 aliphatic carbocycles. The fourth-order valence-corrected chi connectivity index (χ4v) is 1.66. The van der Waals surface area contributed by atoms with Crippen LogP contribution in [0.4, 0.5) is 11.4 Å². The zero-order chi connectivity index (χ0) is 15.1. The van der Waals surface area contributed by atoms with Crippen LogP contribution in [0.2, 0.25) is 0 Å². The summed E-state index contributed by atoms with van der Waals surface area (Å²) in [6, 6.07) is 13.9. The van der Waals surface area contributed by atoms with Gasteiger partial charge in [0.25, 0.3) is 0 Å². The molecule has 0 saturated heterocycles.